The monoisotopic (exact) mass is 506 g/mol. The fraction of sp³-hybridized carbons (Fsp3) is 0.455. The molecular weight excluding hydrogens is 462 g/mol. The molecule has 0 saturated carbocycles. The first-order chi connectivity index (χ1) is 16.8. The molecule has 0 aliphatic heterocycles. The van der Waals surface area contributed by atoms with Crippen molar-refractivity contribution >= 4 is 13.9 Å². The summed E-state index contributed by atoms with van der Waals surface area (Å²) in [4.78, 5) is 0. The fourth-order valence-corrected chi connectivity index (χ4v) is 6.17. The molecule has 1 nitrogen and oxygen atoms in total. The van der Waals surface area contributed by atoms with Crippen LogP contribution in [-0.2, 0) is 22.6 Å². The third kappa shape index (κ3) is 6.98. The van der Waals surface area contributed by atoms with Crippen LogP contribution in [0.1, 0.15) is 96.9 Å². The molecule has 0 aliphatic rings. The minimum Gasteiger partial charge on any atom is -0.488 e. The number of halogens is 1. The lowest BCUT2D eigenvalue weighted by molar-refractivity contribution is 0.290. The number of hydrogen-bond acceptors (Lipinski definition) is 1. The second kappa shape index (κ2) is 11.5. The third-order valence-electron chi connectivity index (χ3n) is 6.90. The van der Waals surface area contributed by atoms with Crippen LogP contribution >= 0.6 is 8.58 Å². The maximum atomic E-state index is 14.9. The summed E-state index contributed by atoms with van der Waals surface area (Å²) in [5, 5.41) is 0.550. The molecule has 36 heavy (non-hydrogen) atoms. The first-order valence-corrected chi connectivity index (χ1v) is 14.2. The van der Waals surface area contributed by atoms with Gasteiger partial charge in [0.05, 0.1) is 0 Å². The Hall–Kier alpha value is -2.18. The van der Waals surface area contributed by atoms with Crippen LogP contribution in [0.3, 0.4) is 0 Å². The predicted octanol–water partition coefficient (Wildman–Crippen LogP) is 9.41. The molecule has 194 valence electrons. The van der Waals surface area contributed by atoms with Crippen molar-refractivity contribution in [2.75, 3.05) is 0 Å². The number of ether oxygens (including phenoxy) is 1. The Morgan fingerprint density at radius 2 is 1.39 bits per heavy atom. The number of unbranched alkanes of at least 4 members (excludes halogenated alkanes) is 1. The molecule has 0 bridgehead atoms. The van der Waals surface area contributed by atoms with E-state index in [1.165, 1.54) is 16.7 Å². The Balaban J connectivity index is 2.26. The third-order valence-corrected chi connectivity index (χ3v) is 8.64. The molecule has 0 aromatic heterocycles. The van der Waals surface area contributed by atoms with Crippen LogP contribution in [0.25, 0.3) is 0 Å². The molecule has 3 rings (SSSR count). The van der Waals surface area contributed by atoms with Crippen molar-refractivity contribution in [2.24, 2.45) is 0 Å². The lowest BCUT2D eigenvalue weighted by Crippen LogP contribution is -2.26. The molecule has 0 radical (unpaired) electrons. The molecule has 3 aromatic rings. The second-order valence-electron chi connectivity index (χ2n) is 12.2. The van der Waals surface area contributed by atoms with Gasteiger partial charge in [0, 0.05) is 21.6 Å². The average Bonchev–Trinajstić information content (AvgIpc) is 2.82. The average molecular weight is 507 g/mol. The summed E-state index contributed by atoms with van der Waals surface area (Å²) in [6.45, 7) is 18.6. The predicted molar refractivity (Wildman–Crippen MR) is 156 cm³/mol. The molecular formula is C33H44FOP. The Bertz CT molecular complexity index is 1140. The molecule has 3 heteroatoms. The summed E-state index contributed by atoms with van der Waals surface area (Å²) in [5.74, 6) is 0.857. The van der Waals surface area contributed by atoms with Crippen LogP contribution < -0.4 is 10.0 Å². The van der Waals surface area contributed by atoms with Crippen molar-refractivity contribution in [1.82, 2.24) is 0 Å². The van der Waals surface area contributed by atoms with Gasteiger partial charge in [-0.25, -0.2) is 4.39 Å². The van der Waals surface area contributed by atoms with Crippen LogP contribution in [-0.4, -0.2) is 0 Å². The summed E-state index contributed by atoms with van der Waals surface area (Å²) in [7, 11) is 0.307. The van der Waals surface area contributed by atoms with E-state index >= 15 is 0 Å². The highest BCUT2D eigenvalue weighted by Gasteiger charge is 2.35. The van der Waals surface area contributed by atoms with Gasteiger partial charge >= 0.3 is 0 Å². The van der Waals surface area contributed by atoms with E-state index in [2.05, 4.69) is 91.8 Å². The van der Waals surface area contributed by atoms with Crippen LogP contribution in [0, 0.1) is 5.82 Å². The number of benzene rings is 3. The van der Waals surface area contributed by atoms with Gasteiger partial charge in [0.1, 0.15) is 18.2 Å². The minimum atomic E-state index is -0.245. The maximum Gasteiger partial charge on any atom is 0.130 e. The molecule has 3 aromatic carbocycles. The normalized spacial score (nSPS) is 14.2. The quantitative estimate of drug-likeness (QED) is 0.263. The lowest BCUT2D eigenvalue weighted by atomic mass is 9.76. The first kappa shape index (κ1) is 28.4. The van der Waals surface area contributed by atoms with E-state index in [1.54, 1.807) is 12.1 Å². The van der Waals surface area contributed by atoms with E-state index in [9.17, 15) is 4.39 Å². The van der Waals surface area contributed by atoms with Crippen molar-refractivity contribution < 1.29 is 9.13 Å². The van der Waals surface area contributed by atoms with Gasteiger partial charge in [-0.3, -0.25) is 0 Å². The lowest BCUT2D eigenvalue weighted by Gasteiger charge is -2.37. The van der Waals surface area contributed by atoms with Crippen molar-refractivity contribution in [3.63, 3.8) is 0 Å². The summed E-state index contributed by atoms with van der Waals surface area (Å²) < 4.78 is 21.7. The molecule has 2 unspecified atom stereocenters. The summed E-state index contributed by atoms with van der Waals surface area (Å²) in [6, 6.07) is 22.3. The Morgan fingerprint density at radius 1 is 0.778 bits per heavy atom. The molecule has 0 amide bonds. The van der Waals surface area contributed by atoms with Gasteiger partial charge in [0.25, 0.3) is 0 Å². The molecule has 0 spiro atoms. The largest absolute Gasteiger partial charge is 0.488 e. The van der Waals surface area contributed by atoms with Gasteiger partial charge in [0.15, 0.2) is 0 Å². The maximum absolute atomic E-state index is 14.9. The fourth-order valence-electron chi connectivity index (χ4n) is 4.57. The zero-order valence-corrected chi connectivity index (χ0v) is 24.5. The van der Waals surface area contributed by atoms with Crippen molar-refractivity contribution in [3.8, 4) is 5.75 Å². The number of hydrogen-bond donors (Lipinski definition) is 0. The Morgan fingerprint density at radius 3 is 1.97 bits per heavy atom. The summed E-state index contributed by atoms with van der Waals surface area (Å²) >= 11 is 0. The van der Waals surface area contributed by atoms with Gasteiger partial charge in [-0.2, -0.15) is 0 Å². The number of rotatable bonds is 9. The van der Waals surface area contributed by atoms with Gasteiger partial charge in [0.2, 0.25) is 0 Å². The zero-order chi connectivity index (χ0) is 26.6. The van der Waals surface area contributed by atoms with Crippen molar-refractivity contribution in [1.29, 1.82) is 0 Å². The van der Waals surface area contributed by atoms with Gasteiger partial charge in [-0.1, -0.05) is 137 Å². The SMILES string of the molecule is CCCCC(C)(Pc1ccccc1F)c1cc(C(C)(C)C)cc(C(C)(C)C)c1OCc1ccccc1. The Kier molecular flexibility index (Phi) is 9.05. The van der Waals surface area contributed by atoms with E-state index in [0.29, 0.717) is 15.2 Å². The topological polar surface area (TPSA) is 9.23 Å². The van der Waals surface area contributed by atoms with Crippen LogP contribution in [0.15, 0.2) is 66.7 Å². The molecule has 0 saturated heterocycles. The van der Waals surface area contributed by atoms with Crippen LogP contribution in [0.4, 0.5) is 4.39 Å². The van der Waals surface area contributed by atoms with E-state index in [0.717, 1.165) is 35.9 Å². The highest BCUT2D eigenvalue weighted by molar-refractivity contribution is 7.48. The second-order valence-corrected chi connectivity index (χ2v) is 14.1. The smallest absolute Gasteiger partial charge is 0.130 e. The van der Waals surface area contributed by atoms with E-state index in [1.807, 2.05) is 18.2 Å². The zero-order valence-electron chi connectivity index (χ0n) is 23.5. The molecule has 0 N–H and O–H groups in total. The van der Waals surface area contributed by atoms with Gasteiger partial charge < -0.3 is 4.74 Å². The summed E-state index contributed by atoms with van der Waals surface area (Å²) in [5.41, 5.74) is 4.77. The van der Waals surface area contributed by atoms with Crippen molar-refractivity contribution in [3.05, 3.63) is 94.8 Å². The highest BCUT2D eigenvalue weighted by atomic mass is 31.1. The van der Waals surface area contributed by atoms with Crippen LogP contribution in [0.2, 0.25) is 0 Å². The Labute approximate surface area is 220 Å². The van der Waals surface area contributed by atoms with E-state index in [-0.39, 0.29) is 21.8 Å². The van der Waals surface area contributed by atoms with Crippen LogP contribution in [0.5, 0.6) is 5.75 Å². The highest BCUT2D eigenvalue weighted by Crippen LogP contribution is 2.52. The van der Waals surface area contributed by atoms with E-state index in [4.69, 9.17) is 4.74 Å². The van der Waals surface area contributed by atoms with Crippen molar-refractivity contribution in [2.45, 2.75) is 97.2 Å². The van der Waals surface area contributed by atoms with Gasteiger partial charge in [-0.15, -0.1) is 0 Å². The van der Waals surface area contributed by atoms with E-state index < -0.39 is 0 Å². The molecule has 0 heterocycles. The standard InChI is InChI=1S/C33H44FOP/c1-9-10-20-33(8,36-29-19-15-14-18-28(29)34)27-22-25(31(2,3)4)21-26(32(5,6)7)30(27)35-23-24-16-12-11-13-17-24/h11-19,21-22,36H,9-10,20,23H2,1-8H3. The molecule has 2 atom stereocenters. The first-order valence-electron chi connectivity index (χ1n) is 13.2. The molecule has 0 fully saturated rings. The van der Waals surface area contributed by atoms with Gasteiger partial charge in [-0.05, 0) is 34.4 Å². The minimum absolute atomic E-state index is 0.0144. The summed E-state index contributed by atoms with van der Waals surface area (Å²) in [6.07, 6.45) is 3.17. The molecule has 0 aliphatic carbocycles.